The Morgan fingerprint density at radius 3 is 2.38 bits per heavy atom. The number of carbonyl (C=O) groups is 3. The largest absolute Gasteiger partial charge is 0.349 e. The standard InChI is InChI=1S/C25H28ClN3O3/c26-22-14-11-19(16-21(22)25(32)27-18-6-2-1-3-7-18)28-24(31)17-9-12-20(13-10-17)29-15-5-4-8-23(29)30/h9-14,16,18H,1-8,15H2,(H,27,32)(H,28,31). The number of anilines is 2. The normalized spacial score (nSPS) is 17.2. The van der Waals surface area contributed by atoms with Gasteiger partial charge in [0.1, 0.15) is 0 Å². The number of rotatable bonds is 5. The van der Waals surface area contributed by atoms with Crippen LogP contribution in [0.3, 0.4) is 0 Å². The zero-order chi connectivity index (χ0) is 22.5. The minimum atomic E-state index is -0.289. The second-order valence-electron chi connectivity index (χ2n) is 8.51. The molecular weight excluding hydrogens is 426 g/mol. The number of nitrogens with zero attached hydrogens (tertiary/aromatic N) is 1. The van der Waals surface area contributed by atoms with Crippen LogP contribution in [-0.2, 0) is 4.79 Å². The summed E-state index contributed by atoms with van der Waals surface area (Å²) in [5.41, 5.74) is 2.14. The summed E-state index contributed by atoms with van der Waals surface area (Å²) in [4.78, 5) is 39.3. The fraction of sp³-hybridized carbons (Fsp3) is 0.400. The van der Waals surface area contributed by atoms with Gasteiger partial charge in [0.05, 0.1) is 10.6 Å². The molecule has 1 saturated heterocycles. The lowest BCUT2D eigenvalue weighted by Gasteiger charge is -2.26. The molecule has 1 heterocycles. The monoisotopic (exact) mass is 453 g/mol. The molecule has 2 aliphatic rings. The maximum atomic E-state index is 12.7. The molecule has 6 nitrogen and oxygen atoms in total. The van der Waals surface area contributed by atoms with Gasteiger partial charge in [0.25, 0.3) is 11.8 Å². The summed E-state index contributed by atoms with van der Waals surface area (Å²) < 4.78 is 0. The quantitative estimate of drug-likeness (QED) is 0.655. The van der Waals surface area contributed by atoms with Crippen molar-refractivity contribution in [2.24, 2.45) is 0 Å². The van der Waals surface area contributed by atoms with E-state index in [0.29, 0.717) is 34.8 Å². The van der Waals surface area contributed by atoms with Crippen molar-refractivity contribution < 1.29 is 14.4 Å². The Bertz CT molecular complexity index is 1000. The average molecular weight is 454 g/mol. The highest BCUT2D eigenvalue weighted by Gasteiger charge is 2.21. The number of benzene rings is 2. The molecule has 0 atom stereocenters. The van der Waals surface area contributed by atoms with Crippen molar-refractivity contribution in [1.82, 2.24) is 5.32 Å². The molecule has 2 N–H and O–H groups in total. The summed E-state index contributed by atoms with van der Waals surface area (Å²) in [7, 11) is 0. The molecule has 4 rings (SSSR count). The third kappa shape index (κ3) is 5.30. The molecule has 2 aromatic rings. The van der Waals surface area contributed by atoms with Crippen molar-refractivity contribution >= 4 is 40.7 Å². The van der Waals surface area contributed by atoms with Crippen LogP contribution in [0.5, 0.6) is 0 Å². The molecule has 7 heteroatoms. The predicted molar refractivity (Wildman–Crippen MR) is 126 cm³/mol. The van der Waals surface area contributed by atoms with Crippen LogP contribution >= 0.6 is 11.6 Å². The summed E-state index contributed by atoms with van der Waals surface area (Å²) in [6.07, 6.45) is 7.91. The lowest BCUT2D eigenvalue weighted by molar-refractivity contribution is -0.119. The van der Waals surface area contributed by atoms with Gasteiger partial charge in [-0.05, 0) is 68.1 Å². The first-order valence-electron chi connectivity index (χ1n) is 11.3. The number of amides is 3. The van der Waals surface area contributed by atoms with E-state index < -0.39 is 0 Å². The van der Waals surface area contributed by atoms with Gasteiger partial charge in [-0.2, -0.15) is 0 Å². The van der Waals surface area contributed by atoms with E-state index in [1.165, 1.54) is 6.42 Å². The fourth-order valence-electron chi connectivity index (χ4n) is 4.36. The molecule has 168 valence electrons. The lowest BCUT2D eigenvalue weighted by Crippen LogP contribution is -2.36. The Labute approximate surface area is 193 Å². The van der Waals surface area contributed by atoms with Gasteiger partial charge in [-0.1, -0.05) is 30.9 Å². The van der Waals surface area contributed by atoms with Gasteiger partial charge in [0, 0.05) is 35.9 Å². The number of nitrogens with one attached hydrogen (secondary N) is 2. The van der Waals surface area contributed by atoms with Gasteiger partial charge in [-0.3, -0.25) is 14.4 Å². The van der Waals surface area contributed by atoms with Gasteiger partial charge in [0.15, 0.2) is 0 Å². The smallest absolute Gasteiger partial charge is 0.255 e. The van der Waals surface area contributed by atoms with Gasteiger partial charge in [0.2, 0.25) is 5.91 Å². The summed E-state index contributed by atoms with van der Waals surface area (Å²) in [6, 6.07) is 12.1. The third-order valence-electron chi connectivity index (χ3n) is 6.17. The Kier molecular flexibility index (Phi) is 7.10. The number of carbonyl (C=O) groups excluding carboxylic acids is 3. The van der Waals surface area contributed by atoms with Gasteiger partial charge in [-0.15, -0.1) is 0 Å². The third-order valence-corrected chi connectivity index (χ3v) is 6.50. The molecule has 32 heavy (non-hydrogen) atoms. The highest BCUT2D eigenvalue weighted by atomic mass is 35.5. The summed E-state index contributed by atoms with van der Waals surface area (Å²) >= 11 is 6.26. The molecular formula is C25H28ClN3O3. The van der Waals surface area contributed by atoms with Crippen molar-refractivity contribution in [3.63, 3.8) is 0 Å². The van der Waals surface area contributed by atoms with Crippen molar-refractivity contribution in [3.05, 3.63) is 58.6 Å². The molecule has 0 bridgehead atoms. The second kappa shape index (κ2) is 10.2. The van der Waals surface area contributed by atoms with E-state index in [1.54, 1.807) is 47.4 Å². The first-order valence-corrected chi connectivity index (χ1v) is 11.7. The van der Waals surface area contributed by atoms with Crippen molar-refractivity contribution in [1.29, 1.82) is 0 Å². The van der Waals surface area contributed by atoms with Crippen molar-refractivity contribution in [3.8, 4) is 0 Å². The zero-order valence-electron chi connectivity index (χ0n) is 18.0. The van der Waals surface area contributed by atoms with E-state index in [0.717, 1.165) is 44.2 Å². The maximum Gasteiger partial charge on any atom is 0.255 e. The molecule has 1 aliphatic carbocycles. The molecule has 3 amide bonds. The Morgan fingerprint density at radius 1 is 0.906 bits per heavy atom. The lowest BCUT2D eigenvalue weighted by atomic mass is 9.95. The van der Waals surface area contributed by atoms with Crippen LogP contribution in [0.1, 0.15) is 72.1 Å². The first-order chi connectivity index (χ1) is 15.5. The first kappa shape index (κ1) is 22.3. The number of piperidine rings is 1. The van der Waals surface area contributed by atoms with Gasteiger partial charge >= 0.3 is 0 Å². The van der Waals surface area contributed by atoms with Crippen LogP contribution in [0, 0.1) is 0 Å². The molecule has 0 unspecified atom stereocenters. The molecule has 1 aliphatic heterocycles. The summed E-state index contributed by atoms with van der Waals surface area (Å²) in [5.74, 6) is -0.385. The SMILES string of the molecule is O=C(Nc1ccc(Cl)c(C(=O)NC2CCCCC2)c1)c1ccc(N2CCCCC2=O)cc1. The molecule has 0 radical (unpaired) electrons. The van der Waals surface area contributed by atoms with E-state index >= 15 is 0 Å². The molecule has 2 fully saturated rings. The molecule has 0 aromatic heterocycles. The van der Waals surface area contributed by atoms with E-state index in [-0.39, 0.29) is 23.8 Å². The molecule has 2 aromatic carbocycles. The Balaban J connectivity index is 1.42. The van der Waals surface area contributed by atoms with Crippen molar-refractivity contribution in [2.75, 3.05) is 16.8 Å². The Hall–Kier alpha value is -2.86. The minimum absolute atomic E-state index is 0.119. The highest BCUT2D eigenvalue weighted by molar-refractivity contribution is 6.34. The van der Waals surface area contributed by atoms with E-state index in [9.17, 15) is 14.4 Å². The van der Waals surface area contributed by atoms with E-state index in [4.69, 9.17) is 11.6 Å². The minimum Gasteiger partial charge on any atom is -0.349 e. The summed E-state index contributed by atoms with van der Waals surface area (Å²) in [6.45, 7) is 0.709. The van der Waals surface area contributed by atoms with Gasteiger partial charge in [-0.25, -0.2) is 0 Å². The zero-order valence-corrected chi connectivity index (χ0v) is 18.8. The van der Waals surface area contributed by atoms with E-state index in [2.05, 4.69) is 10.6 Å². The van der Waals surface area contributed by atoms with Gasteiger partial charge < -0.3 is 15.5 Å². The Morgan fingerprint density at radius 2 is 1.66 bits per heavy atom. The number of hydrogen-bond acceptors (Lipinski definition) is 3. The van der Waals surface area contributed by atoms with Crippen LogP contribution in [0.4, 0.5) is 11.4 Å². The maximum absolute atomic E-state index is 12.7. The summed E-state index contributed by atoms with van der Waals surface area (Å²) in [5, 5.41) is 6.25. The van der Waals surface area contributed by atoms with Crippen LogP contribution in [0.2, 0.25) is 5.02 Å². The number of hydrogen-bond donors (Lipinski definition) is 2. The van der Waals surface area contributed by atoms with Crippen LogP contribution < -0.4 is 15.5 Å². The predicted octanol–water partition coefficient (Wildman–Crippen LogP) is 5.17. The topological polar surface area (TPSA) is 78.5 Å². The second-order valence-corrected chi connectivity index (χ2v) is 8.91. The van der Waals surface area contributed by atoms with Crippen LogP contribution in [0.15, 0.2) is 42.5 Å². The number of halogens is 1. The van der Waals surface area contributed by atoms with E-state index in [1.807, 2.05) is 0 Å². The van der Waals surface area contributed by atoms with Crippen LogP contribution in [-0.4, -0.2) is 30.3 Å². The van der Waals surface area contributed by atoms with Crippen molar-refractivity contribution in [2.45, 2.75) is 57.4 Å². The van der Waals surface area contributed by atoms with Crippen LogP contribution in [0.25, 0.3) is 0 Å². The fourth-order valence-corrected chi connectivity index (χ4v) is 4.57. The molecule has 0 spiro atoms. The average Bonchev–Trinajstić information content (AvgIpc) is 2.81. The molecule has 1 saturated carbocycles. The highest BCUT2D eigenvalue weighted by Crippen LogP contribution is 2.24.